The Morgan fingerprint density at radius 3 is 2.52 bits per heavy atom. The second-order valence-electron chi connectivity index (χ2n) is 6.15. The first-order valence-corrected chi connectivity index (χ1v) is 8.96. The maximum atomic E-state index is 12.4. The van der Waals surface area contributed by atoms with Gasteiger partial charge in [0.2, 0.25) is 5.91 Å². The molecule has 1 saturated heterocycles. The van der Waals surface area contributed by atoms with Crippen molar-refractivity contribution in [2.75, 3.05) is 32.9 Å². The molecule has 1 aromatic rings. The molecule has 1 heterocycles. The number of amides is 2. The van der Waals surface area contributed by atoms with Crippen LogP contribution in [0.3, 0.4) is 0 Å². The first kappa shape index (κ1) is 19.4. The monoisotopic (exact) mass is 348 g/mol. The van der Waals surface area contributed by atoms with E-state index in [1.54, 1.807) is 6.92 Å². The summed E-state index contributed by atoms with van der Waals surface area (Å²) in [5, 5.41) is 3.02. The third-order valence-electron chi connectivity index (χ3n) is 4.32. The molecule has 25 heavy (non-hydrogen) atoms. The highest BCUT2D eigenvalue weighted by Gasteiger charge is 2.25. The molecule has 1 aromatic carbocycles. The Hall–Kier alpha value is -1.92. The van der Waals surface area contributed by atoms with Gasteiger partial charge < -0.3 is 19.7 Å². The highest BCUT2D eigenvalue weighted by molar-refractivity contribution is 5.94. The lowest BCUT2D eigenvalue weighted by molar-refractivity contribution is -0.133. The van der Waals surface area contributed by atoms with Crippen molar-refractivity contribution < 1.29 is 19.1 Å². The maximum absolute atomic E-state index is 12.4. The Labute approximate surface area is 149 Å². The topological polar surface area (TPSA) is 67.9 Å². The van der Waals surface area contributed by atoms with Gasteiger partial charge in [-0.3, -0.25) is 9.59 Å². The van der Waals surface area contributed by atoms with Crippen LogP contribution in [0.15, 0.2) is 30.3 Å². The zero-order valence-corrected chi connectivity index (χ0v) is 15.1. The highest BCUT2D eigenvalue weighted by atomic mass is 16.5. The Bertz CT molecular complexity index is 542. The van der Waals surface area contributed by atoms with Crippen LogP contribution < -0.4 is 5.32 Å². The summed E-state index contributed by atoms with van der Waals surface area (Å²) in [6, 6.07) is 9.39. The highest BCUT2D eigenvalue weighted by Crippen LogP contribution is 2.14. The van der Waals surface area contributed by atoms with Crippen LogP contribution in [0.2, 0.25) is 0 Å². The molecule has 2 amide bonds. The molecular weight excluding hydrogens is 320 g/mol. The van der Waals surface area contributed by atoms with Crippen LogP contribution in [-0.4, -0.2) is 61.8 Å². The number of rotatable bonds is 8. The number of nitrogens with zero attached hydrogens (tertiary/aromatic N) is 1. The number of hydrogen-bond donors (Lipinski definition) is 1. The van der Waals surface area contributed by atoms with Gasteiger partial charge in [0.05, 0.1) is 13.2 Å². The Balaban J connectivity index is 1.71. The van der Waals surface area contributed by atoms with Crippen LogP contribution in [-0.2, 0) is 14.3 Å². The number of hydrogen-bond acceptors (Lipinski definition) is 4. The van der Waals surface area contributed by atoms with Crippen molar-refractivity contribution in [2.24, 2.45) is 0 Å². The van der Waals surface area contributed by atoms with Crippen molar-refractivity contribution in [3.63, 3.8) is 0 Å². The van der Waals surface area contributed by atoms with Crippen molar-refractivity contribution >= 4 is 11.8 Å². The van der Waals surface area contributed by atoms with Crippen LogP contribution in [0.25, 0.3) is 0 Å². The molecule has 0 radical (unpaired) electrons. The zero-order chi connectivity index (χ0) is 18.1. The molecule has 1 aliphatic rings. The molecule has 1 fully saturated rings. The van der Waals surface area contributed by atoms with Crippen LogP contribution in [0.4, 0.5) is 0 Å². The van der Waals surface area contributed by atoms with E-state index in [1.807, 2.05) is 42.2 Å². The molecule has 6 nitrogen and oxygen atoms in total. The van der Waals surface area contributed by atoms with Gasteiger partial charge in [-0.15, -0.1) is 0 Å². The van der Waals surface area contributed by atoms with E-state index in [0.717, 1.165) is 12.8 Å². The fraction of sp³-hybridized carbons (Fsp3) is 0.579. The minimum atomic E-state index is -0.496. The van der Waals surface area contributed by atoms with Crippen molar-refractivity contribution in [3.05, 3.63) is 35.9 Å². The molecular formula is C19H28N2O4. The Morgan fingerprint density at radius 1 is 1.20 bits per heavy atom. The molecule has 0 aliphatic carbocycles. The lowest BCUT2D eigenvalue weighted by Gasteiger charge is -2.33. The van der Waals surface area contributed by atoms with Gasteiger partial charge in [-0.1, -0.05) is 18.2 Å². The van der Waals surface area contributed by atoms with Crippen molar-refractivity contribution in [1.82, 2.24) is 10.2 Å². The molecule has 0 saturated carbocycles. The number of benzene rings is 1. The lowest BCUT2D eigenvalue weighted by Crippen LogP contribution is -2.48. The standard InChI is InChI=1S/C19H28N2O4/c1-3-24-13-14-25-15(2)18(22)20-17-9-11-21(12-10-17)19(23)16-7-5-4-6-8-16/h4-8,15,17H,3,9-14H2,1-2H3,(H,20,22)/t15-/m1/s1. The summed E-state index contributed by atoms with van der Waals surface area (Å²) >= 11 is 0. The molecule has 0 spiro atoms. The fourth-order valence-electron chi connectivity index (χ4n) is 2.81. The average molecular weight is 348 g/mol. The molecule has 0 aromatic heterocycles. The third kappa shape index (κ3) is 6.14. The van der Waals surface area contributed by atoms with E-state index in [0.29, 0.717) is 38.5 Å². The number of carbonyl (C=O) groups excluding carboxylic acids is 2. The van der Waals surface area contributed by atoms with Gasteiger partial charge in [0, 0.05) is 31.3 Å². The summed E-state index contributed by atoms with van der Waals surface area (Å²) in [6.45, 7) is 6.52. The van der Waals surface area contributed by atoms with Gasteiger partial charge in [0.25, 0.3) is 5.91 Å². The van der Waals surface area contributed by atoms with Crippen LogP contribution in [0.5, 0.6) is 0 Å². The number of ether oxygens (including phenoxy) is 2. The number of carbonyl (C=O) groups is 2. The van der Waals surface area contributed by atoms with Crippen LogP contribution in [0.1, 0.15) is 37.0 Å². The zero-order valence-electron chi connectivity index (χ0n) is 15.1. The number of nitrogens with one attached hydrogen (secondary N) is 1. The fourth-order valence-corrected chi connectivity index (χ4v) is 2.81. The summed E-state index contributed by atoms with van der Waals surface area (Å²) in [7, 11) is 0. The Kier molecular flexibility index (Phi) is 7.88. The molecule has 1 N–H and O–H groups in total. The van der Waals surface area contributed by atoms with E-state index in [-0.39, 0.29) is 17.9 Å². The lowest BCUT2D eigenvalue weighted by atomic mass is 10.0. The molecule has 2 rings (SSSR count). The quantitative estimate of drug-likeness (QED) is 0.728. The predicted octanol–water partition coefficient (Wildman–Crippen LogP) is 1.85. The van der Waals surface area contributed by atoms with E-state index in [1.165, 1.54) is 0 Å². The summed E-state index contributed by atoms with van der Waals surface area (Å²) in [5.41, 5.74) is 0.710. The summed E-state index contributed by atoms with van der Waals surface area (Å²) in [4.78, 5) is 26.4. The van der Waals surface area contributed by atoms with Gasteiger partial charge in [-0.05, 0) is 38.8 Å². The van der Waals surface area contributed by atoms with E-state index in [9.17, 15) is 9.59 Å². The number of likely N-dealkylation sites (tertiary alicyclic amines) is 1. The smallest absolute Gasteiger partial charge is 0.253 e. The second-order valence-corrected chi connectivity index (χ2v) is 6.15. The van der Waals surface area contributed by atoms with Crippen molar-refractivity contribution in [2.45, 2.75) is 38.8 Å². The predicted molar refractivity (Wildman–Crippen MR) is 95.4 cm³/mol. The summed E-state index contributed by atoms with van der Waals surface area (Å²) in [6.07, 6.45) is 1.02. The van der Waals surface area contributed by atoms with Gasteiger partial charge in [-0.25, -0.2) is 0 Å². The van der Waals surface area contributed by atoms with E-state index >= 15 is 0 Å². The second kappa shape index (κ2) is 10.2. The van der Waals surface area contributed by atoms with Gasteiger partial charge in [-0.2, -0.15) is 0 Å². The largest absolute Gasteiger partial charge is 0.379 e. The van der Waals surface area contributed by atoms with E-state index in [4.69, 9.17) is 9.47 Å². The maximum Gasteiger partial charge on any atom is 0.253 e. The number of piperidine rings is 1. The van der Waals surface area contributed by atoms with E-state index < -0.39 is 6.10 Å². The SMILES string of the molecule is CCOCCO[C@H](C)C(=O)NC1CCN(C(=O)c2ccccc2)CC1. The summed E-state index contributed by atoms with van der Waals surface area (Å²) < 4.78 is 10.7. The Morgan fingerprint density at radius 2 is 1.88 bits per heavy atom. The van der Waals surface area contributed by atoms with Crippen molar-refractivity contribution in [3.8, 4) is 0 Å². The van der Waals surface area contributed by atoms with Gasteiger partial charge in [0.15, 0.2) is 0 Å². The third-order valence-corrected chi connectivity index (χ3v) is 4.32. The van der Waals surface area contributed by atoms with Crippen LogP contribution in [0, 0.1) is 0 Å². The minimum Gasteiger partial charge on any atom is -0.379 e. The molecule has 0 unspecified atom stereocenters. The first-order valence-electron chi connectivity index (χ1n) is 8.96. The minimum absolute atomic E-state index is 0.0537. The molecule has 6 heteroatoms. The molecule has 0 bridgehead atoms. The summed E-state index contributed by atoms with van der Waals surface area (Å²) in [5.74, 6) is -0.0534. The van der Waals surface area contributed by atoms with Gasteiger partial charge >= 0.3 is 0 Å². The van der Waals surface area contributed by atoms with Gasteiger partial charge in [0.1, 0.15) is 6.10 Å². The normalized spacial score (nSPS) is 16.5. The molecule has 1 aliphatic heterocycles. The van der Waals surface area contributed by atoms with Crippen LogP contribution >= 0.6 is 0 Å². The van der Waals surface area contributed by atoms with E-state index in [2.05, 4.69) is 5.32 Å². The van der Waals surface area contributed by atoms with Crippen molar-refractivity contribution in [1.29, 1.82) is 0 Å². The average Bonchev–Trinajstić information content (AvgIpc) is 2.65. The first-order chi connectivity index (χ1) is 12.1. The molecule has 1 atom stereocenters. The molecule has 138 valence electrons.